The zero-order valence-electron chi connectivity index (χ0n) is 14.9. The first-order chi connectivity index (χ1) is 12.6. The predicted molar refractivity (Wildman–Crippen MR) is 104 cm³/mol. The standard InChI is InChI=1S/C20H20N2O3S/c1-4-12-5-7-13(8-6-12)16-11-26-20(22-16)18-15(19(21)23)9-14(24-2)10-17(18)25-3/h5-11H,4H2,1-3H3,(H2,21,23). The summed E-state index contributed by atoms with van der Waals surface area (Å²) >= 11 is 1.44. The average Bonchev–Trinajstić information content (AvgIpc) is 3.16. The molecule has 0 bridgehead atoms. The maximum absolute atomic E-state index is 12.0. The second-order valence-corrected chi connectivity index (χ2v) is 6.56. The van der Waals surface area contributed by atoms with Gasteiger partial charge in [0.05, 0.1) is 31.0 Å². The lowest BCUT2D eigenvalue weighted by molar-refractivity contribution is 0.1000. The van der Waals surface area contributed by atoms with Crippen LogP contribution < -0.4 is 15.2 Å². The van der Waals surface area contributed by atoms with E-state index in [1.165, 1.54) is 24.0 Å². The highest BCUT2D eigenvalue weighted by atomic mass is 32.1. The first-order valence-electron chi connectivity index (χ1n) is 8.18. The van der Waals surface area contributed by atoms with Gasteiger partial charge in [0.25, 0.3) is 0 Å². The molecule has 134 valence electrons. The van der Waals surface area contributed by atoms with Crippen LogP contribution in [-0.4, -0.2) is 25.1 Å². The van der Waals surface area contributed by atoms with Gasteiger partial charge in [-0.25, -0.2) is 4.98 Å². The zero-order valence-corrected chi connectivity index (χ0v) is 15.7. The smallest absolute Gasteiger partial charge is 0.249 e. The van der Waals surface area contributed by atoms with Crippen LogP contribution in [0.25, 0.3) is 21.8 Å². The Bertz CT molecular complexity index is 933. The number of aromatic nitrogens is 1. The lowest BCUT2D eigenvalue weighted by Gasteiger charge is -2.12. The van der Waals surface area contributed by atoms with Crippen molar-refractivity contribution in [2.24, 2.45) is 5.73 Å². The van der Waals surface area contributed by atoms with E-state index < -0.39 is 5.91 Å². The van der Waals surface area contributed by atoms with Crippen LogP contribution in [-0.2, 0) is 6.42 Å². The molecule has 0 saturated heterocycles. The molecular weight excluding hydrogens is 348 g/mol. The van der Waals surface area contributed by atoms with Crippen LogP contribution in [0.2, 0.25) is 0 Å². The van der Waals surface area contributed by atoms with E-state index in [4.69, 9.17) is 20.2 Å². The Morgan fingerprint density at radius 3 is 2.46 bits per heavy atom. The van der Waals surface area contributed by atoms with Gasteiger partial charge in [0, 0.05) is 17.0 Å². The highest BCUT2D eigenvalue weighted by molar-refractivity contribution is 7.13. The van der Waals surface area contributed by atoms with Crippen molar-refractivity contribution in [1.82, 2.24) is 4.98 Å². The molecule has 5 nitrogen and oxygen atoms in total. The molecule has 26 heavy (non-hydrogen) atoms. The number of hydrogen-bond donors (Lipinski definition) is 1. The van der Waals surface area contributed by atoms with Crippen molar-refractivity contribution in [3.63, 3.8) is 0 Å². The molecule has 0 atom stereocenters. The van der Waals surface area contributed by atoms with Crippen LogP contribution in [0.15, 0.2) is 41.8 Å². The van der Waals surface area contributed by atoms with Crippen molar-refractivity contribution >= 4 is 17.2 Å². The molecule has 0 spiro atoms. The fraction of sp³-hybridized carbons (Fsp3) is 0.200. The third kappa shape index (κ3) is 3.41. The maximum atomic E-state index is 12.0. The zero-order chi connectivity index (χ0) is 18.7. The van der Waals surface area contributed by atoms with Crippen LogP contribution in [0.3, 0.4) is 0 Å². The SMILES string of the molecule is CCc1ccc(-c2csc(-c3c(OC)cc(OC)cc3C(N)=O)n2)cc1. The fourth-order valence-electron chi connectivity index (χ4n) is 2.72. The first-order valence-corrected chi connectivity index (χ1v) is 9.06. The van der Waals surface area contributed by atoms with Crippen molar-refractivity contribution in [1.29, 1.82) is 0 Å². The number of thiazole rings is 1. The summed E-state index contributed by atoms with van der Waals surface area (Å²) in [6, 6.07) is 11.6. The van der Waals surface area contributed by atoms with Crippen LogP contribution in [0.4, 0.5) is 0 Å². The van der Waals surface area contributed by atoms with Gasteiger partial charge in [-0.3, -0.25) is 4.79 Å². The number of carbonyl (C=O) groups is 1. The molecular formula is C20H20N2O3S. The number of amides is 1. The molecule has 1 aromatic heterocycles. The lowest BCUT2D eigenvalue weighted by Crippen LogP contribution is -2.13. The molecule has 3 aromatic rings. The Kier molecular flexibility index (Phi) is 5.23. The fourth-order valence-corrected chi connectivity index (χ4v) is 3.61. The number of hydrogen-bond acceptors (Lipinski definition) is 5. The molecule has 2 aromatic carbocycles. The van der Waals surface area contributed by atoms with Crippen LogP contribution in [0.5, 0.6) is 11.5 Å². The molecule has 0 saturated carbocycles. The van der Waals surface area contributed by atoms with Crippen molar-refractivity contribution in [2.45, 2.75) is 13.3 Å². The number of carbonyl (C=O) groups excluding carboxylic acids is 1. The minimum absolute atomic E-state index is 0.323. The van der Waals surface area contributed by atoms with Gasteiger partial charge in [0.2, 0.25) is 5.91 Å². The van der Waals surface area contributed by atoms with Gasteiger partial charge in [-0.05, 0) is 18.1 Å². The van der Waals surface area contributed by atoms with E-state index in [2.05, 4.69) is 31.2 Å². The van der Waals surface area contributed by atoms with E-state index in [-0.39, 0.29) is 0 Å². The molecule has 0 radical (unpaired) electrons. The summed E-state index contributed by atoms with van der Waals surface area (Å²) in [5.41, 5.74) is 9.63. The molecule has 0 unspecified atom stereocenters. The van der Waals surface area contributed by atoms with E-state index in [1.807, 2.05) is 5.38 Å². The minimum atomic E-state index is -0.554. The number of nitrogens with two attached hydrogens (primary N) is 1. The Morgan fingerprint density at radius 2 is 1.88 bits per heavy atom. The molecule has 0 aliphatic rings. The van der Waals surface area contributed by atoms with Crippen molar-refractivity contribution in [2.75, 3.05) is 14.2 Å². The van der Waals surface area contributed by atoms with Gasteiger partial charge in [0.1, 0.15) is 16.5 Å². The summed E-state index contributed by atoms with van der Waals surface area (Å²) in [5, 5.41) is 2.64. The van der Waals surface area contributed by atoms with Crippen LogP contribution >= 0.6 is 11.3 Å². The summed E-state index contributed by atoms with van der Waals surface area (Å²) in [5.74, 6) is 0.452. The molecule has 0 aliphatic heterocycles. The van der Waals surface area contributed by atoms with Gasteiger partial charge in [-0.15, -0.1) is 11.3 Å². The minimum Gasteiger partial charge on any atom is -0.497 e. The van der Waals surface area contributed by atoms with Crippen molar-refractivity contribution in [3.8, 4) is 33.3 Å². The topological polar surface area (TPSA) is 74.4 Å². The second kappa shape index (κ2) is 7.58. The predicted octanol–water partition coefficient (Wildman–Crippen LogP) is 4.16. The Balaban J connectivity index is 2.09. The van der Waals surface area contributed by atoms with Crippen molar-refractivity contribution < 1.29 is 14.3 Å². The summed E-state index contributed by atoms with van der Waals surface area (Å²) in [6.45, 7) is 2.12. The molecule has 0 aliphatic carbocycles. The molecule has 1 heterocycles. The lowest BCUT2D eigenvalue weighted by atomic mass is 10.1. The van der Waals surface area contributed by atoms with Gasteiger partial charge >= 0.3 is 0 Å². The highest BCUT2D eigenvalue weighted by Crippen LogP contribution is 2.39. The van der Waals surface area contributed by atoms with Gasteiger partial charge in [-0.2, -0.15) is 0 Å². The third-order valence-corrected chi connectivity index (χ3v) is 5.03. The van der Waals surface area contributed by atoms with E-state index in [0.717, 1.165) is 17.7 Å². The summed E-state index contributed by atoms with van der Waals surface area (Å²) in [6.07, 6.45) is 0.994. The van der Waals surface area contributed by atoms with Gasteiger partial charge in [0.15, 0.2) is 0 Å². The Labute approximate surface area is 156 Å². The molecule has 3 rings (SSSR count). The largest absolute Gasteiger partial charge is 0.497 e. The van der Waals surface area contributed by atoms with E-state index in [1.54, 1.807) is 19.2 Å². The number of primary amides is 1. The quantitative estimate of drug-likeness (QED) is 0.709. The second-order valence-electron chi connectivity index (χ2n) is 5.70. The number of ether oxygens (including phenoxy) is 2. The first kappa shape index (κ1) is 17.9. The van der Waals surface area contributed by atoms with Crippen LogP contribution in [0.1, 0.15) is 22.8 Å². The Morgan fingerprint density at radius 1 is 1.15 bits per heavy atom. The number of rotatable bonds is 6. The van der Waals surface area contributed by atoms with E-state index in [0.29, 0.717) is 27.6 Å². The van der Waals surface area contributed by atoms with Gasteiger partial charge < -0.3 is 15.2 Å². The Hall–Kier alpha value is -2.86. The van der Waals surface area contributed by atoms with E-state index in [9.17, 15) is 4.79 Å². The number of methoxy groups -OCH3 is 2. The van der Waals surface area contributed by atoms with Gasteiger partial charge in [-0.1, -0.05) is 31.2 Å². The summed E-state index contributed by atoms with van der Waals surface area (Å²) in [4.78, 5) is 16.7. The number of benzene rings is 2. The van der Waals surface area contributed by atoms with Crippen LogP contribution in [0, 0.1) is 0 Å². The summed E-state index contributed by atoms with van der Waals surface area (Å²) in [7, 11) is 3.07. The van der Waals surface area contributed by atoms with E-state index >= 15 is 0 Å². The monoisotopic (exact) mass is 368 g/mol. The number of nitrogens with zero attached hydrogens (tertiary/aromatic N) is 1. The number of aryl methyl sites for hydroxylation is 1. The third-order valence-electron chi connectivity index (χ3n) is 4.17. The normalized spacial score (nSPS) is 10.6. The molecule has 2 N–H and O–H groups in total. The summed E-state index contributed by atoms with van der Waals surface area (Å²) < 4.78 is 10.7. The highest BCUT2D eigenvalue weighted by Gasteiger charge is 2.21. The molecule has 0 fully saturated rings. The molecule has 1 amide bonds. The average molecular weight is 368 g/mol. The maximum Gasteiger partial charge on any atom is 0.249 e. The van der Waals surface area contributed by atoms with Crippen molar-refractivity contribution in [3.05, 3.63) is 52.9 Å². The molecule has 6 heteroatoms.